The summed E-state index contributed by atoms with van der Waals surface area (Å²) < 4.78 is 6.09. The number of nitrogens with two attached hydrogens (primary N) is 1. The van der Waals surface area contributed by atoms with Gasteiger partial charge in [-0.15, -0.1) is 11.3 Å². The van der Waals surface area contributed by atoms with Gasteiger partial charge < -0.3 is 10.5 Å². The monoisotopic (exact) mass is 310 g/mol. The summed E-state index contributed by atoms with van der Waals surface area (Å²) in [5.41, 5.74) is 7.12. The van der Waals surface area contributed by atoms with E-state index in [-0.39, 0.29) is 6.10 Å². The highest BCUT2D eigenvalue weighted by molar-refractivity contribution is 7.11. The van der Waals surface area contributed by atoms with Gasteiger partial charge in [0.25, 0.3) is 0 Å². The Bertz CT molecular complexity index is 424. The fraction of sp³-hybridized carbons (Fsp3) is 0.824. The van der Waals surface area contributed by atoms with Crippen LogP contribution in [0.25, 0.3) is 0 Å². The predicted molar refractivity (Wildman–Crippen MR) is 89.5 cm³/mol. The number of ether oxygens (including phenoxy) is 1. The molecule has 1 aliphatic carbocycles. The third kappa shape index (κ3) is 4.51. The van der Waals surface area contributed by atoms with Gasteiger partial charge in [0.1, 0.15) is 11.1 Å². The first-order chi connectivity index (χ1) is 10.2. The van der Waals surface area contributed by atoms with Gasteiger partial charge in [0.2, 0.25) is 0 Å². The van der Waals surface area contributed by atoms with Crippen LogP contribution in [-0.2, 0) is 17.7 Å². The normalized spacial score (nSPS) is 18.3. The molecule has 1 heterocycles. The molecule has 1 saturated carbocycles. The summed E-state index contributed by atoms with van der Waals surface area (Å²) in [4.78, 5) is 6.18. The van der Waals surface area contributed by atoms with Crippen LogP contribution < -0.4 is 5.73 Å². The smallest absolute Gasteiger partial charge is 0.122 e. The highest BCUT2D eigenvalue weighted by atomic mass is 32.1. The molecule has 0 amide bonds. The molecule has 120 valence electrons. The van der Waals surface area contributed by atoms with Crippen LogP contribution in [0.1, 0.15) is 74.6 Å². The van der Waals surface area contributed by atoms with Crippen LogP contribution in [0.15, 0.2) is 0 Å². The molecule has 1 aromatic rings. The number of hydrogen-bond acceptors (Lipinski definition) is 4. The Hall–Kier alpha value is -0.450. The summed E-state index contributed by atoms with van der Waals surface area (Å²) >= 11 is 1.78. The largest absolute Gasteiger partial charge is 0.371 e. The summed E-state index contributed by atoms with van der Waals surface area (Å²) in [6.45, 7) is 7.92. The van der Waals surface area contributed by atoms with E-state index < -0.39 is 0 Å². The lowest BCUT2D eigenvalue weighted by Crippen LogP contribution is -2.19. The van der Waals surface area contributed by atoms with E-state index in [1.807, 2.05) is 0 Å². The molecule has 21 heavy (non-hydrogen) atoms. The molecule has 0 bridgehead atoms. The van der Waals surface area contributed by atoms with Crippen molar-refractivity contribution >= 4 is 11.3 Å². The van der Waals surface area contributed by atoms with Crippen LogP contribution >= 0.6 is 11.3 Å². The molecule has 1 atom stereocenters. The van der Waals surface area contributed by atoms with E-state index in [9.17, 15) is 0 Å². The minimum atomic E-state index is 0.187. The Morgan fingerprint density at radius 1 is 1.29 bits per heavy atom. The van der Waals surface area contributed by atoms with Gasteiger partial charge in [0.15, 0.2) is 0 Å². The average molecular weight is 311 g/mol. The Morgan fingerprint density at radius 2 is 2.00 bits per heavy atom. The van der Waals surface area contributed by atoms with Crippen LogP contribution in [0.2, 0.25) is 0 Å². The molecule has 1 aromatic heterocycles. The summed E-state index contributed by atoms with van der Waals surface area (Å²) in [6, 6.07) is 0. The van der Waals surface area contributed by atoms with Crippen LogP contribution in [-0.4, -0.2) is 11.6 Å². The lowest BCUT2D eigenvalue weighted by Gasteiger charge is -2.28. The van der Waals surface area contributed by atoms with Gasteiger partial charge in [-0.3, -0.25) is 0 Å². The molecule has 4 heteroatoms. The van der Waals surface area contributed by atoms with Crippen molar-refractivity contribution in [3.63, 3.8) is 0 Å². The molecule has 3 nitrogen and oxygen atoms in total. The summed E-state index contributed by atoms with van der Waals surface area (Å²) in [5.74, 6) is 1.26. The molecule has 0 saturated heterocycles. The van der Waals surface area contributed by atoms with E-state index in [2.05, 4.69) is 20.8 Å². The topological polar surface area (TPSA) is 48.1 Å². The van der Waals surface area contributed by atoms with Gasteiger partial charge in [-0.05, 0) is 38.0 Å². The molecule has 0 radical (unpaired) electrons. The predicted octanol–water partition coefficient (Wildman–Crippen LogP) is 4.46. The van der Waals surface area contributed by atoms with Gasteiger partial charge in [-0.25, -0.2) is 4.98 Å². The second kappa shape index (κ2) is 8.25. The quantitative estimate of drug-likeness (QED) is 0.809. The summed E-state index contributed by atoms with van der Waals surface area (Å²) in [6.07, 6.45) is 7.81. The fourth-order valence-electron chi connectivity index (χ4n) is 3.26. The molecular formula is C17H30N2OS. The maximum Gasteiger partial charge on any atom is 0.122 e. The number of nitrogens with zero attached hydrogens (tertiary/aromatic N) is 1. The first-order valence-corrected chi connectivity index (χ1v) is 9.27. The Labute approximate surface area is 133 Å². The van der Waals surface area contributed by atoms with Crippen LogP contribution in [0.3, 0.4) is 0 Å². The van der Waals surface area contributed by atoms with Gasteiger partial charge in [-0.1, -0.05) is 33.1 Å². The van der Waals surface area contributed by atoms with Crippen LogP contribution in [0.4, 0.5) is 0 Å². The van der Waals surface area contributed by atoms with Gasteiger partial charge in [0, 0.05) is 18.0 Å². The minimum absolute atomic E-state index is 0.187. The lowest BCUT2D eigenvalue weighted by atomic mass is 9.85. The summed E-state index contributed by atoms with van der Waals surface area (Å²) in [5, 5.41) is 1.17. The highest BCUT2D eigenvalue weighted by Gasteiger charge is 2.29. The molecule has 1 unspecified atom stereocenters. The van der Waals surface area contributed by atoms with E-state index in [0.29, 0.717) is 18.4 Å². The van der Waals surface area contributed by atoms with Crippen molar-refractivity contribution in [2.24, 2.45) is 17.6 Å². The number of aromatic nitrogens is 1. The second-order valence-corrected chi connectivity index (χ2v) is 7.61. The average Bonchev–Trinajstić information content (AvgIpc) is 2.87. The first kappa shape index (κ1) is 16.9. The molecule has 0 spiro atoms. The number of rotatable bonds is 7. The molecule has 1 aliphatic rings. The lowest BCUT2D eigenvalue weighted by molar-refractivity contribution is 0.00541. The van der Waals surface area contributed by atoms with Crippen molar-refractivity contribution in [2.45, 2.75) is 71.9 Å². The zero-order valence-corrected chi connectivity index (χ0v) is 14.5. The van der Waals surface area contributed by atoms with Crippen molar-refractivity contribution in [1.82, 2.24) is 4.98 Å². The zero-order chi connectivity index (χ0) is 15.2. The van der Waals surface area contributed by atoms with Crippen LogP contribution in [0, 0.1) is 11.8 Å². The molecule has 2 rings (SSSR count). The number of hydrogen-bond donors (Lipinski definition) is 1. The Balaban J connectivity index is 2.20. The Kier molecular flexibility index (Phi) is 6.65. The Morgan fingerprint density at radius 3 is 2.57 bits per heavy atom. The van der Waals surface area contributed by atoms with E-state index in [0.717, 1.165) is 13.0 Å². The highest BCUT2D eigenvalue weighted by Crippen LogP contribution is 2.39. The number of thiazole rings is 1. The second-order valence-electron chi connectivity index (χ2n) is 6.50. The van der Waals surface area contributed by atoms with Crippen molar-refractivity contribution in [3.8, 4) is 0 Å². The molecule has 1 fully saturated rings. The van der Waals surface area contributed by atoms with Gasteiger partial charge in [0.05, 0.1) is 5.69 Å². The minimum Gasteiger partial charge on any atom is -0.371 e. The molecule has 0 aromatic carbocycles. The van der Waals surface area contributed by atoms with Crippen molar-refractivity contribution in [2.75, 3.05) is 6.61 Å². The summed E-state index contributed by atoms with van der Waals surface area (Å²) in [7, 11) is 0. The van der Waals surface area contributed by atoms with E-state index in [4.69, 9.17) is 15.5 Å². The first-order valence-electron chi connectivity index (χ1n) is 8.45. The van der Waals surface area contributed by atoms with Crippen molar-refractivity contribution in [1.29, 1.82) is 0 Å². The van der Waals surface area contributed by atoms with Crippen LogP contribution in [0.5, 0.6) is 0 Å². The molecular weight excluding hydrogens is 280 g/mol. The molecule has 0 aliphatic heterocycles. The van der Waals surface area contributed by atoms with E-state index in [1.165, 1.54) is 47.7 Å². The fourth-order valence-corrected chi connectivity index (χ4v) is 4.37. The zero-order valence-electron chi connectivity index (χ0n) is 13.7. The van der Waals surface area contributed by atoms with Gasteiger partial charge in [-0.2, -0.15) is 0 Å². The van der Waals surface area contributed by atoms with Gasteiger partial charge >= 0.3 is 0 Å². The third-order valence-electron chi connectivity index (χ3n) is 4.25. The van der Waals surface area contributed by atoms with E-state index in [1.54, 1.807) is 11.3 Å². The molecule has 2 N–H and O–H groups in total. The SMILES string of the molecule is CCOC(c1nc(CC(C)C)c(CN)s1)C1CCCCC1. The van der Waals surface area contributed by atoms with E-state index >= 15 is 0 Å². The van der Waals surface area contributed by atoms with Crippen molar-refractivity contribution in [3.05, 3.63) is 15.6 Å². The third-order valence-corrected chi connectivity index (χ3v) is 5.43. The maximum absolute atomic E-state index is 6.09. The van der Waals surface area contributed by atoms with Crippen molar-refractivity contribution < 1.29 is 4.74 Å². The maximum atomic E-state index is 6.09. The standard InChI is InChI=1S/C17H30N2OS/c1-4-20-16(13-8-6-5-7-9-13)17-19-14(10-12(2)3)15(11-18)21-17/h12-13,16H,4-11,18H2,1-3H3.